The summed E-state index contributed by atoms with van der Waals surface area (Å²) in [6, 6.07) is 14.0. The molecule has 1 atom stereocenters. The van der Waals surface area contributed by atoms with E-state index >= 15 is 0 Å². The van der Waals surface area contributed by atoms with Gasteiger partial charge >= 0.3 is 0 Å². The van der Waals surface area contributed by atoms with Crippen molar-refractivity contribution in [3.05, 3.63) is 65.5 Å². The lowest BCUT2D eigenvalue weighted by molar-refractivity contribution is 0.0979. The second-order valence-corrected chi connectivity index (χ2v) is 4.44. The Bertz CT molecular complexity index is 657. The summed E-state index contributed by atoms with van der Waals surface area (Å²) in [7, 11) is 0. The van der Waals surface area contributed by atoms with Crippen LogP contribution in [0.5, 0.6) is 5.75 Å². The molecule has 0 radical (unpaired) electrons. The Morgan fingerprint density at radius 1 is 1.19 bits per heavy atom. The Hall–Kier alpha value is -2.67. The van der Waals surface area contributed by atoms with Gasteiger partial charge in [0.05, 0.1) is 12.7 Å². The molecule has 0 aliphatic carbocycles. The Morgan fingerprint density at radius 3 is 2.33 bits per heavy atom. The summed E-state index contributed by atoms with van der Waals surface area (Å²) in [5, 5.41) is 9.26. The second-order valence-electron chi connectivity index (χ2n) is 4.44. The van der Waals surface area contributed by atoms with E-state index in [1.54, 1.807) is 24.3 Å². The SMILES string of the molecule is CCOc1ccc(C(C#N)C(=O)c2ccc(F)cc2)cc1. The molecule has 0 heterocycles. The monoisotopic (exact) mass is 283 g/mol. The zero-order valence-corrected chi connectivity index (χ0v) is 11.5. The molecule has 0 fully saturated rings. The summed E-state index contributed by atoms with van der Waals surface area (Å²) in [6.45, 7) is 2.43. The molecule has 2 aromatic rings. The highest BCUT2D eigenvalue weighted by molar-refractivity contribution is 6.02. The highest BCUT2D eigenvalue weighted by Gasteiger charge is 2.21. The van der Waals surface area contributed by atoms with Crippen LogP contribution in [0.1, 0.15) is 28.8 Å². The Kier molecular flexibility index (Phi) is 4.68. The van der Waals surface area contributed by atoms with Crippen molar-refractivity contribution < 1.29 is 13.9 Å². The standard InChI is InChI=1S/C17H14FNO2/c1-2-21-15-9-5-12(6-10-15)16(11-19)17(20)13-3-7-14(18)8-4-13/h3-10,16H,2H2,1H3. The fourth-order valence-corrected chi connectivity index (χ4v) is 1.99. The van der Waals surface area contributed by atoms with E-state index in [0.29, 0.717) is 23.5 Å². The lowest BCUT2D eigenvalue weighted by Crippen LogP contribution is -2.11. The minimum atomic E-state index is -0.911. The number of Topliss-reactive ketones (excluding diaryl/α,β-unsaturated/α-hetero) is 1. The molecule has 0 saturated heterocycles. The molecule has 4 heteroatoms. The number of carbonyl (C=O) groups excluding carboxylic acids is 1. The molecule has 21 heavy (non-hydrogen) atoms. The van der Waals surface area contributed by atoms with Crippen LogP contribution in [0.25, 0.3) is 0 Å². The molecule has 106 valence electrons. The minimum absolute atomic E-state index is 0.317. The number of halogens is 1. The molecule has 0 N–H and O–H groups in total. The average molecular weight is 283 g/mol. The summed E-state index contributed by atoms with van der Waals surface area (Å²) in [4.78, 5) is 12.3. The van der Waals surface area contributed by atoms with Gasteiger partial charge in [-0.3, -0.25) is 4.79 Å². The zero-order chi connectivity index (χ0) is 15.2. The minimum Gasteiger partial charge on any atom is -0.494 e. The lowest BCUT2D eigenvalue weighted by atomic mass is 9.92. The van der Waals surface area contributed by atoms with E-state index in [0.717, 1.165) is 0 Å². The first-order chi connectivity index (χ1) is 10.2. The van der Waals surface area contributed by atoms with Gasteiger partial charge in [0.25, 0.3) is 0 Å². The Morgan fingerprint density at radius 2 is 1.81 bits per heavy atom. The fourth-order valence-electron chi connectivity index (χ4n) is 1.99. The van der Waals surface area contributed by atoms with Gasteiger partial charge in [0.2, 0.25) is 0 Å². The van der Waals surface area contributed by atoms with Crippen LogP contribution in [-0.2, 0) is 0 Å². The van der Waals surface area contributed by atoms with Crippen LogP contribution in [-0.4, -0.2) is 12.4 Å². The van der Waals surface area contributed by atoms with Crippen molar-refractivity contribution in [2.45, 2.75) is 12.8 Å². The number of nitrogens with zero attached hydrogens (tertiary/aromatic N) is 1. The predicted octanol–water partition coefficient (Wildman–Crippen LogP) is 3.71. The smallest absolute Gasteiger partial charge is 0.184 e. The molecule has 0 saturated carbocycles. The summed E-state index contributed by atoms with van der Waals surface area (Å²) in [5.74, 6) is -0.985. The summed E-state index contributed by atoms with van der Waals surface area (Å²) in [5.41, 5.74) is 0.909. The van der Waals surface area contributed by atoms with E-state index < -0.39 is 11.7 Å². The van der Waals surface area contributed by atoms with Crippen molar-refractivity contribution in [3.63, 3.8) is 0 Å². The van der Waals surface area contributed by atoms with Crippen LogP contribution < -0.4 is 4.74 Å². The van der Waals surface area contributed by atoms with Crippen molar-refractivity contribution in [2.24, 2.45) is 0 Å². The van der Waals surface area contributed by atoms with Crippen molar-refractivity contribution in [1.82, 2.24) is 0 Å². The van der Waals surface area contributed by atoms with Crippen molar-refractivity contribution in [1.29, 1.82) is 5.26 Å². The van der Waals surface area contributed by atoms with E-state index in [1.807, 2.05) is 13.0 Å². The van der Waals surface area contributed by atoms with Crippen molar-refractivity contribution in [3.8, 4) is 11.8 Å². The van der Waals surface area contributed by atoms with Crippen LogP contribution in [0.2, 0.25) is 0 Å². The summed E-state index contributed by atoms with van der Waals surface area (Å²) >= 11 is 0. The highest BCUT2D eigenvalue weighted by atomic mass is 19.1. The third-order valence-electron chi connectivity index (χ3n) is 3.04. The Labute approximate surface area is 122 Å². The number of rotatable bonds is 5. The number of ketones is 1. The maximum absolute atomic E-state index is 12.9. The van der Waals surface area contributed by atoms with Crippen LogP contribution >= 0.6 is 0 Å². The third kappa shape index (κ3) is 3.46. The lowest BCUT2D eigenvalue weighted by Gasteiger charge is -2.10. The Balaban J connectivity index is 2.24. The van der Waals surface area contributed by atoms with Gasteiger partial charge < -0.3 is 4.74 Å². The average Bonchev–Trinajstić information content (AvgIpc) is 2.50. The van der Waals surface area contributed by atoms with Crippen LogP contribution in [0.3, 0.4) is 0 Å². The first-order valence-corrected chi connectivity index (χ1v) is 6.58. The number of carbonyl (C=O) groups is 1. The van der Waals surface area contributed by atoms with E-state index in [9.17, 15) is 14.4 Å². The molecule has 0 aliphatic rings. The normalized spacial score (nSPS) is 11.5. The predicted molar refractivity (Wildman–Crippen MR) is 76.7 cm³/mol. The summed E-state index contributed by atoms with van der Waals surface area (Å²) in [6.07, 6.45) is 0. The number of ether oxygens (including phenoxy) is 1. The van der Waals surface area contributed by atoms with Gasteiger partial charge in [0, 0.05) is 5.56 Å². The molecule has 2 rings (SSSR count). The van der Waals surface area contributed by atoms with Gasteiger partial charge in [0.15, 0.2) is 5.78 Å². The third-order valence-corrected chi connectivity index (χ3v) is 3.04. The molecule has 3 nitrogen and oxygen atoms in total. The molecular formula is C17H14FNO2. The van der Waals surface area contributed by atoms with E-state index in [2.05, 4.69) is 0 Å². The molecule has 0 bridgehead atoms. The number of hydrogen-bond donors (Lipinski definition) is 0. The largest absolute Gasteiger partial charge is 0.494 e. The van der Waals surface area contributed by atoms with Gasteiger partial charge in [0.1, 0.15) is 17.5 Å². The fraction of sp³-hybridized carbons (Fsp3) is 0.176. The number of hydrogen-bond acceptors (Lipinski definition) is 3. The molecular weight excluding hydrogens is 269 g/mol. The van der Waals surface area contributed by atoms with Crippen molar-refractivity contribution in [2.75, 3.05) is 6.61 Å². The molecule has 0 spiro atoms. The first kappa shape index (κ1) is 14.7. The van der Waals surface area contributed by atoms with Crippen LogP contribution in [0.4, 0.5) is 4.39 Å². The van der Waals surface area contributed by atoms with Crippen molar-refractivity contribution >= 4 is 5.78 Å². The van der Waals surface area contributed by atoms with Gasteiger partial charge in [-0.25, -0.2) is 4.39 Å². The molecule has 0 aromatic heterocycles. The first-order valence-electron chi connectivity index (χ1n) is 6.58. The maximum atomic E-state index is 12.9. The van der Waals surface area contributed by atoms with Gasteiger partial charge in [-0.2, -0.15) is 5.26 Å². The maximum Gasteiger partial charge on any atom is 0.184 e. The topological polar surface area (TPSA) is 50.1 Å². The van der Waals surface area contributed by atoms with E-state index in [-0.39, 0.29) is 5.78 Å². The van der Waals surface area contributed by atoms with Crippen LogP contribution in [0, 0.1) is 17.1 Å². The van der Waals surface area contributed by atoms with Gasteiger partial charge in [-0.15, -0.1) is 0 Å². The van der Waals surface area contributed by atoms with Gasteiger partial charge in [-0.05, 0) is 48.9 Å². The number of benzene rings is 2. The van der Waals surface area contributed by atoms with E-state index in [4.69, 9.17) is 4.74 Å². The van der Waals surface area contributed by atoms with E-state index in [1.165, 1.54) is 24.3 Å². The zero-order valence-electron chi connectivity index (χ0n) is 11.5. The summed E-state index contributed by atoms with van der Waals surface area (Å²) < 4.78 is 18.2. The highest BCUT2D eigenvalue weighted by Crippen LogP contribution is 2.23. The molecule has 0 amide bonds. The second kappa shape index (κ2) is 6.67. The molecule has 1 unspecified atom stereocenters. The van der Waals surface area contributed by atoms with Gasteiger partial charge in [-0.1, -0.05) is 12.1 Å². The molecule has 0 aliphatic heterocycles. The van der Waals surface area contributed by atoms with Crippen LogP contribution in [0.15, 0.2) is 48.5 Å². The molecule has 2 aromatic carbocycles. The quantitative estimate of drug-likeness (QED) is 0.786. The number of nitriles is 1.